The van der Waals surface area contributed by atoms with Gasteiger partial charge in [0.1, 0.15) is 5.75 Å². The van der Waals surface area contributed by atoms with Gasteiger partial charge in [-0.25, -0.2) is 13.6 Å². The topological polar surface area (TPSA) is 104 Å². The lowest BCUT2D eigenvalue weighted by Gasteiger charge is -2.10. The van der Waals surface area contributed by atoms with Gasteiger partial charge in [-0.05, 0) is 42.0 Å². The van der Waals surface area contributed by atoms with Gasteiger partial charge in [-0.15, -0.1) is 6.58 Å². The average Bonchev–Trinajstić information content (AvgIpc) is 3.09. The SMILES string of the molecule is C=CCn1c(=NC(=O)c2c(OCC)ccc3ccccc23)sc2cc(S(N)(=O)=O)ccc21. The van der Waals surface area contributed by atoms with Crippen molar-refractivity contribution in [2.75, 3.05) is 6.61 Å². The van der Waals surface area contributed by atoms with Crippen LogP contribution in [0.4, 0.5) is 0 Å². The Balaban J connectivity index is 1.95. The third-order valence-corrected chi connectivity index (χ3v) is 6.85. The van der Waals surface area contributed by atoms with Crippen molar-refractivity contribution in [3.8, 4) is 5.75 Å². The minimum Gasteiger partial charge on any atom is -0.493 e. The van der Waals surface area contributed by atoms with E-state index < -0.39 is 15.9 Å². The van der Waals surface area contributed by atoms with E-state index in [-0.39, 0.29) is 4.90 Å². The third kappa shape index (κ3) is 4.10. The summed E-state index contributed by atoms with van der Waals surface area (Å²) in [6.45, 7) is 6.44. The summed E-state index contributed by atoms with van der Waals surface area (Å²) in [5.41, 5.74) is 1.12. The van der Waals surface area contributed by atoms with E-state index in [1.165, 1.54) is 23.5 Å². The lowest BCUT2D eigenvalue weighted by atomic mass is 10.0. The number of aromatic nitrogens is 1. The number of hydrogen-bond acceptors (Lipinski definition) is 5. The van der Waals surface area contributed by atoms with Gasteiger partial charge in [0.15, 0.2) is 4.80 Å². The number of hydrogen-bond donors (Lipinski definition) is 1. The second-order valence-electron chi connectivity index (χ2n) is 6.97. The van der Waals surface area contributed by atoms with Crippen molar-refractivity contribution in [3.63, 3.8) is 0 Å². The predicted octanol–water partition coefficient (Wildman–Crippen LogP) is 3.83. The summed E-state index contributed by atoms with van der Waals surface area (Å²) in [6, 6.07) is 15.8. The molecule has 0 aliphatic rings. The van der Waals surface area contributed by atoms with Crippen LogP contribution >= 0.6 is 11.3 Å². The molecule has 4 rings (SSSR count). The highest BCUT2D eigenvalue weighted by Gasteiger charge is 2.18. The smallest absolute Gasteiger partial charge is 0.284 e. The van der Waals surface area contributed by atoms with Crippen LogP contribution in [0.2, 0.25) is 0 Å². The zero-order valence-corrected chi connectivity index (χ0v) is 18.9. The molecule has 164 valence electrons. The summed E-state index contributed by atoms with van der Waals surface area (Å²) < 4.78 is 31.7. The highest BCUT2D eigenvalue weighted by atomic mass is 32.2. The van der Waals surface area contributed by atoms with E-state index in [0.29, 0.717) is 34.0 Å². The molecule has 0 spiro atoms. The largest absolute Gasteiger partial charge is 0.493 e. The number of rotatable bonds is 6. The summed E-state index contributed by atoms with van der Waals surface area (Å²) >= 11 is 1.21. The highest BCUT2D eigenvalue weighted by Crippen LogP contribution is 2.29. The van der Waals surface area contributed by atoms with Gasteiger partial charge in [0.05, 0.1) is 27.3 Å². The molecule has 1 heterocycles. The number of amides is 1. The lowest BCUT2D eigenvalue weighted by Crippen LogP contribution is -2.17. The van der Waals surface area contributed by atoms with Gasteiger partial charge in [0.2, 0.25) is 10.0 Å². The van der Waals surface area contributed by atoms with Crippen molar-refractivity contribution < 1.29 is 17.9 Å². The molecular weight excluding hydrogens is 446 g/mol. The maximum atomic E-state index is 13.4. The molecular formula is C23H21N3O4S2. The minimum atomic E-state index is -3.85. The summed E-state index contributed by atoms with van der Waals surface area (Å²) in [4.78, 5) is 18.2. The number of sulfonamides is 1. The van der Waals surface area contributed by atoms with Crippen LogP contribution < -0.4 is 14.7 Å². The molecule has 0 saturated carbocycles. The molecule has 3 aromatic carbocycles. The van der Waals surface area contributed by atoms with Crippen molar-refractivity contribution in [2.24, 2.45) is 10.1 Å². The van der Waals surface area contributed by atoms with Crippen LogP contribution in [0.25, 0.3) is 21.0 Å². The number of thiazole rings is 1. The number of fused-ring (bicyclic) bond motifs is 2. The van der Waals surface area contributed by atoms with Crippen LogP contribution in [0, 0.1) is 0 Å². The number of benzene rings is 3. The van der Waals surface area contributed by atoms with E-state index in [4.69, 9.17) is 9.88 Å². The number of allylic oxidation sites excluding steroid dienone is 1. The summed E-state index contributed by atoms with van der Waals surface area (Å²) in [6.07, 6.45) is 1.69. The number of carbonyl (C=O) groups is 1. The highest BCUT2D eigenvalue weighted by molar-refractivity contribution is 7.89. The molecule has 7 nitrogen and oxygen atoms in total. The predicted molar refractivity (Wildman–Crippen MR) is 126 cm³/mol. The first kappa shape index (κ1) is 21.9. The molecule has 1 amide bonds. The summed E-state index contributed by atoms with van der Waals surface area (Å²) in [5.74, 6) is 0.0223. The van der Waals surface area contributed by atoms with Crippen LogP contribution in [0.5, 0.6) is 5.75 Å². The maximum Gasteiger partial charge on any atom is 0.284 e. The molecule has 0 bridgehead atoms. The summed E-state index contributed by atoms with van der Waals surface area (Å²) in [5, 5.41) is 6.92. The van der Waals surface area contributed by atoms with Crippen molar-refractivity contribution in [1.82, 2.24) is 4.57 Å². The summed E-state index contributed by atoms with van der Waals surface area (Å²) in [7, 11) is -3.85. The van der Waals surface area contributed by atoms with Crippen molar-refractivity contribution in [2.45, 2.75) is 18.4 Å². The number of primary sulfonamides is 1. The molecule has 4 aromatic rings. The first-order chi connectivity index (χ1) is 15.3. The Labute approximate surface area is 189 Å². The normalized spacial score (nSPS) is 12.4. The average molecular weight is 468 g/mol. The molecule has 2 N–H and O–H groups in total. The van der Waals surface area contributed by atoms with Crippen LogP contribution in [-0.2, 0) is 16.6 Å². The van der Waals surface area contributed by atoms with Gasteiger partial charge in [0, 0.05) is 6.54 Å². The number of ether oxygens (including phenoxy) is 1. The molecule has 32 heavy (non-hydrogen) atoms. The molecule has 0 unspecified atom stereocenters. The Hall–Kier alpha value is -3.27. The number of nitrogens with two attached hydrogens (primary N) is 1. The first-order valence-corrected chi connectivity index (χ1v) is 12.2. The second kappa shape index (κ2) is 8.70. The Morgan fingerprint density at radius 3 is 2.72 bits per heavy atom. The van der Waals surface area contributed by atoms with E-state index in [2.05, 4.69) is 11.6 Å². The second-order valence-corrected chi connectivity index (χ2v) is 9.54. The van der Waals surface area contributed by atoms with E-state index in [0.717, 1.165) is 16.3 Å². The monoisotopic (exact) mass is 467 g/mol. The van der Waals surface area contributed by atoms with Gasteiger partial charge in [-0.1, -0.05) is 47.7 Å². The van der Waals surface area contributed by atoms with Crippen molar-refractivity contribution >= 4 is 48.3 Å². The van der Waals surface area contributed by atoms with Gasteiger partial charge >= 0.3 is 0 Å². The Morgan fingerprint density at radius 2 is 2.00 bits per heavy atom. The molecule has 0 aliphatic heterocycles. The maximum absolute atomic E-state index is 13.4. The zero-order valence-electron chi connectivity index (χ0n) is 17.3. The molecule has 9 heteroatoms. The third-order valence-electron chi connectivity index (χ3n) is 4.90. The molecule has 0 aliphatic carbocycles. The van der Waals surface area contributed by atoms with Crippen LogP contribution in [0.3, 0.4) is 0 Å². The van der Waals surface area contributed by atoms with Gasteiger partial charge in [-0.2, -0.15) is 4.99 Å². The Kier molecular flexibility index (Phi) is 5.96. The van der Waals surface area contributed by atoms with E-state index in [1.54, 1.807) is 18.2 Å². The van der Waals surface area contributed by atoms with Crippen LogP contribution in [-0.4, -0.2) is 25.5 Å². The molecule has 0 atom stereocenters. The van der Waals surface area contributed by atoms with Crippen LogP contribution in [0.1, 0.15) is 17.3 Å². The van der Waals surface area contributed by atoms with Crippen molar-refractivity contribution in [3.05, 3.63) is 77.6 Å². The standard InChI is InChI=1S/C23H21N3O4S2/c1-3-13-26-18-11-10-16(32(24,28)29)14-20(18)31-23(26)25-22(27)21-17-8-6-5-7-15(17)9-12-19(21)30-4-2/h3,5-12,14H,1,4,13H2,2H3,(H2,24,28,29). The Bertz CT molecular complexity index is 1530. The quantitative estimate of drug-likeness (QED) is 0.435. The minimum absolute atomic E-state index is 0.00238. The Morgan fingerprint density at radius 1 is 1.22 bits per heavy atom. The first-order valence-electron chi connectivity index (χ1n) is 9.84. The van der Waals surface area contributed by atoms with Crippen molar-refractivity contribution in [1.29, 1.82) is 0 Å². The van der Waals surface area contributed by atoms with E-state index in [9.17, 15) is 13.2 Å². The van der Waals surface area contributed by atoms with Gasteiger partial charge < -0.3 is 9.30 Å². The fraction of sp³-hybridized carbons (Fsp3) is 0.130. The number of nitrogens with zero attached hydrogens (tertiary/aromatic N) is 2. The zero-order chi connectivity index (χ0) is 22.9. The molecule has 0 saturated heterocycles. The lowest BCUT2D eigenvalue weighted by molar-refractivity contribution is 0.0996. The fourth-order valence-electron chi connectivity index (χ4n) is 3.51. The fourth-order valence-corrected chi connectivity index (χ4v) is 5.20. The molecule has 0 fully saturated rings. The molecule has 0 radical (unpaired) electrons. The van der Waals surface area contributed by atoms with Gasteiger partial charge in [0.25, 0.3) is 5.91 Å². The van der Waals surface area contributed by atoms with Crippen LogP contribution in [0.15, 0.2) is 77.1 Å². The number of carbonyl (C=O) groups excluding carboxylic acids is 1. The van der Waals surface area contributed by atoms with E-state index >= 15 is 0 Å². The van der Waals surface area contributed by atoms with E-state index in [1.807, 2.05) is 41.8 Å². The van der Waals surface area contributed by atoms with Gasteiger partial charge in [-0.3, -0.25) is 4.79 Å². The molecule has 1 aromatic heterocycles.